The predicted molar refractivity (Wildman–Crippen MR) is 76.7 cm³/mol. The molecule has 0 unspecified atom stereocenters. The molecule has 0 saturated carbocycles. The molecule has 0 amide bonds. The van der Waals surface area contributed by atoms with E-state index in [1.807, 2.05) is 6.07 Å². The number of hydrogen-bond donors (Lipinski definition) is 3. The molecule has 1 aromatic heterocycles. The van der Waals surface area contributed by atoms with Gasteiger partial charge in [0, 0.05) is 18.2 Å². The molecule has 4 N–H and O–H groups in total. The number of rotatable bonds is 6. The second-order valence-corrected chi connectivity index (χ2v) is 4.07. The maximum absolute atomic E-state index is 13.6. The average molecular weight is 293 g/mol. The highest BCUT2D eigenvalue weighted by atomic mass is 19.1. The Kier molecular flexibility index (Phi) is 4.72. The van der Waals surface area contributed by atoms with Crippen LogP contribution in [0.15, 0.2) is 24.4 Å². The minimum Gasteiger partial charge on any atom is -0.497 e. The van der Waals surface area contributed by atoms with E-state index in [0.717, 1.165) is 11.8 Å². The van der Waals surface area contributed by atoms with Crippen LogP contribution in [-0.4, -0.2) is 24.2 Å². The normalized spacial score (nSPS) is 10.1. The molecule has 0 saturated heterocycles. The van der Waals surface area contributed by atoms with E-state index in [1.54, 1.807) is 26.4 Å². The topological polar surface area (TPSA) is 94.3 Å². The Morgan fingerprint density at radius 2 is 2.10 bits per heavy atom. The highest BCUT2D eigenvalue weighted by molar-refractivity contribution is 5.45. The van der Waals surface area contributed by atoms with Crippen molar-refractivity contribution in [3.63, 3.8) is 0 Å². The lowest BCUT2D eigenvalue weighted by Crippen LogP contribution is -2.13. The molecule has 0 fully saturated rings. The second kappa shape index (κ2) is 6.71. The van der Waals surface area contributed by atoms with E-state index in [-0.39, 0.29) is 11.8 Å². The van der Waals surface area contributed by atoms with E-state index in [1.165, 1.54) is 0 Å². The SMILES string of the molecule is COc1ccc(CNc2nc(NN)ncc2F)c(OC)c1. The van der Waals surface area contributed by atoms with Crippen LogP contribution in [0.2, 0.25) is 0 Å². The molecule has 0 bridgehead atoms. The van der Waals surface area contributed by atoms with Crippen LogP contribution in [0.4, 0.5) is 16.2 Å². The molecule has 1 heterocycles. The smallest absolute Gasteiger partial charge is 0.239 e. The summed E-state index contributed by atoms with van der Waals surface area (Å²) >= 11 is 0. The number of nitrogens with two attached hydrogens (primary N) is 1. The van der Waals surface area contributed by atoms with Gasteiger partial charge in [-0.2, -0.15) is 4.98 Å². The number of halogens is 1. The molecular formula is C13H16FN5O2. The largest absolute Gasteiger partial charge is 0.497 e. The summed E-state index contributed by atoms with van der Waals surface area (Å²) in [5.41, 5.74) is 3.09. The van der Waals surface area contributed by atoms with Crippen molar-refractivity contribution in [2.24, 2.45) is 5.84 Å². The molecule has 0 aliphatic heterocycles. The highest BCUT2D eigenvalue weighted by Crippen LogP contribution is 2.25. The number of hydrogen-bond acceptors (Lipinski definition) is 7. The summed E-state index contributed by atoms with van der Waals surface area (Å²) in [4.78, 5) is 7.56. The average Bonchev–Trinajstić information content (AvgIpc) is 2.54. The molecule has 1 aromatic carbocycles. The van der Waals surface area contributed by atoms with Crippen molar-refractivity contribution >= 4 is 11.8 Å². The monoisotopic (exact) mass is 293 g/mol. The summed E-state index contributed by atoms with van der Waals surface area (Å²) in [6.45, 7) is 0.325. The number of nitrogens with zero attached hydrogens (tertiary/aromatic N) is 2. The number of methoxy groups -OCH3 is 2. The van der Waals surface area contributed by atoms with Crippen LogP contribution in [0.3, 0.4) is 0 Å². The molecule has 0 radical (unpaired) electrons. The Morgan fingerprint density at radius 1 is 1.29 bits per heavy atom. The van der Waals surface area contributed by atoms with Crippen molar-refractivity contribution in [2.75, 3.05) is 25.0 Å². The number of aromatic nitrogens is 2. The summed E-state index contributed by atoms with van der Waals surface area (Å²) in [6.07, 6.45) is 1.04. The van der Waals surface area contributed by atoms with Gasteiger partial charge < -0.3 is 14.8 Å². The van der Waals surface area contributed by atoms with E-state index in [0.29, 0.717) is 18.0 Å². The molecule has 0 aliphatic rings. The van der Waals surface area contributed by atoms with E-state index in [9.17, 15) is 4.39 Å². The van der Waals surface area contributed by atoms with Crippen molar-refractivity contribution in [1.82, 2.24) is 9.97 Å². The maximum atomic E-state index is 13.6. The first-order valence-electron chi connectivity index (χ1n) is 6.12. The number of nitrogen functional groups attached to an aromatic ring is 1. The minimum atomic E-state index is -0.568. The lowest BCUT2D eigenvalue weighted by Gasteiger charge is -2.12. The molecule has 7 nitrogen and oxygen atoms in total. The van der Waals surface area contributed by atoms with Gasteiger partial charge in [0.1, 0.15) is 11.5 Å². The lowest BCUT2D eigenvalue weighted by molar-refractivity contribution is 0.391. The van der Waals surface area contributed by atoms with Gasteiger partial charge in [0.15, 0.2) is 11.6 Å². The Labute approximate surface area is 121 Å². The Balaban J connectivity index is 2.16. The first kappa shape index (κ1) is 14.8. The molecule has 0 spiro atoms. The highest BCUT2D eigenvalue weighted by Gasteiger charge is 2.09. The zero-order valence-electron chi connectivity index (χ0n) is 11.7. The zero-order valence-corrected chi connectivity index (χ0v) is 11.7. The lowest BCUT2D eigenvalue weighted by atomic mass is 10.2. The van der Waals surface area contributed by atoms with Crippen LogP contribution in [-0.2, 0) is 6.54 Å². The number of hydrazine groups is 1. The van der Waals surface area contributed by atoms with E-state index in [2.05, 4.69) is 20.7 Å². The van der Waals surface area contributed by atoms with Crippen molar-refractivity contribution in [2.45, 2.75) is 6.54 Å². The third-order valence-corrected chi connectivity index (χ3v) is 2.81. The standard InChI is InChI=1S/C13H16FN5O2/c1-20-9-4-3-8(11(5-9)21-2)6-16-12-10(14)7-17-13(18-12)19-15/h3-5,7H,6,15H2,1-2H3,(H2,16,17,18,19). The molecule has 112 valence electrons. The number of ether oxygens (including phenoxy) is 2. The summed E-state index contributed by atoms with van der Waals surface area (Å²) in [6, 6.07) is 5.37. The fourth-order valence-electron chi connectivity index (χ4n) is 1.74. The first-order chi connectivity index (χ1) is 10.2. The van der Waals surface area contributed by atoms with Crippen molar-refractivity contribution in [3.05, 3.63) is 35.8 Å². The molecule has 0 aliphatic carbocycles. The fraction of sp³-hybridized carbons (Fsp3) is 0.231. The number of anilines is 2. The van der Waals surface area contributed by atoms with Gasteiger partial charge in [0.25, 0.3) is 0 Å². The molecule has 21 heavy (non-hydrogen) atoms. The van der Waals surface area contributed by atoms with Gasteiger partial charge in [-0.3, -0.25) is 5.43 Å². The number of benzene rings is 1. The third-order valence-electron chi connectivity index (χ3n) is 2.81. The van der Waals surface area contributed by atoms with Gasteiger partial charge in [0.05, 0.1) is 20.4 Å². The minimum absolute atomic E-state index is 0.0517. The van der Waals surface area contributed by atoms with Gasteiger partial charge in [0.2, 0.25) is 5.95 Å². The van der Waals surface area contributed by atoms with E-state index in [4.69, 9.17) is 15.3 Å². The van der Waals surface area contributed by atoms with E-state index >= 15 is 0 Å². The van der Waals surface area contributed by atoms with Gasteiger partial charge in [-0.05, 0) is 12.1 Å². The predicted octanol–water partition coefficient (Wildman–Crippen LogP) is 1.53. The van der Waals surface area contributed by atoms with Crippen LogP contribution in [0, 0.1) is 5.82 Å². The zero-order chi connectivity index (χ0) is 15.2. The Hall–Kier alpha value is -2.61. The Morgan fingerprint density at radius 3 is 2.76 bits per heavy atom. The van der Waals surface area contributed by atoms with E-state index < -0.39 is 5.82 Å². The molecular weight excluding hydrogens is 277 g/mol. The van der Waals surface area contributed by atoms with Crippen LogP contribution in [0.5, 0.6) is 11.5 Å². The van der Waals surface area contributed by atoms with Crippen LogP contribution < -0.4 is 26.1 Å². The molecule has 8 heteroatoms. The van der Waals surface area contributed by atoms with Gasteiger partial charge in [-0.15, -0.1) is 0 Å². The van der Waals surface area contributed by atoms with Crippen LogP contribution >= 0.6 is 0 Å². The van der Waals surface area contributed by atoms with Gasteiger partial charge in [-0.1, -0.05) is 0 Å². The molecule has 2 rings (SSSR count). The van der Waals surface area contributed by atoms with Crippen molar-refractivity contribution in [3.8, 4) is 11.5 Å². The maximum Gasteiger partial charge on any atom is 0.239 e. The fourth-order valence-corrected chi connectivity index (χ4v) is 1.74. The molecule has 0 atom stereocenters. The molecule has 2 aromatic rings. The summed E-state index contributed by atoms with van der Waals surface area (Å²) in [5, 5.41) is 2.87. The summed E-state index contributed by atoms with van der Waals surface area (Å²) < 4.78 is 24.0. The summed E-state index contributed by atoms with van der Waals surface area (Å²) in [5.74, 6) is 6.12. The quantitative estimate of drug-likeness (QED) is 0.549. The van der Waals surface area contributed by atoms with Crippen LogP contribution in [0.25, 0.3) is 0 Å². The van der Waals surface area contributed by atoms with Crippen LogP contribution in [0.1, 0.15) is 5.56 Å². The van der Waals surface area contributed by atoms with Gasteiger partial charge in [-0.25, -0.2) is 15.2 Å². The van der Waals surface area contributed by atoms with Gasteiger partial charge >= 0.3 is 0 Å². The van der Waals surface area contributed by atoms with Crippen molar-refractivity contribution < 1.29 is 13.9 Å². The third kappa shape index (κ3) is 3.48. The Bertz CT molecular complexity index is 624. The van der Waals surface area contributed by atoms with Crippen molar-refractivity contribution in [1.29, 1.82) is 0 Å². The first-order valence-corrected chi connectivity index (χ1v) is 6.12. The number of nitrogens with one attached hydrogen (secondary N) is 2. The summed E-state index contributed by atoms with van der Waals surface area (Å²) in [7, 11) is 3.13. The second-order valence-electron chi connectivity index (χ2n) is 4.07.